The molecule has 1 aromatic heterocycles. The molecule has 0 aliphatic carbocycles. The number of nitrogens with zero attached hydrogens (tertiary/aromatic N) is 5. The third kappa shape index (κ3) is 5.22. The van der Waals surface area contributed by atoms with Gasteiger partial charge in [0.2, 0.25) is 0 Å². The van der Waals surface area contributed by atoms with Crippen molar-refractivity contribution in [1.29, 1.82) is 0 Å². The summed E-state index contributed by atoms with van der Waals surface area (Å²) in [5, 5.41) is 12.6. The summed E-state index contributed by atoms with van der Waals surface area (Å²) in [4.78, 5) is 7.63. The summed E-state index contributed by atoms with van der Waals surface area (Å²) in [6, 6.07) is 63.6. The average Bonchev–Trinajstić information content (AvgIpc) is 3.67. The maximum atomic E-state index is 4.86. The van der Waals surface area contributed by atoms with Gasteiger partial charge in [-0.25, -0.2) is 0 Å². The summed E-state index contributed by atoms with van der Waals surface area (Å²) < 4.78 is 2.18. The molecule has 0 unspecified atom stereocenters. The van der Waals surface area contributed by atoms with E-state index in [0.717, 1.165) is 39.8 Å². The molecule has 0 N–H and O–H groups in total. The Balaban J connectivity index is 1.04. The highest BCUT2D eigenvalue weighted by molar-refractivity contribution is 8.33. The number of anilines is 6. The van der Waals surface area contributed by atoms with Crippen molar-refractivity contribution in [2.45, 2.75) is 22.9 Å². The Kier molecular flexibility index (Phi) is 7.73. The SMILES string of the molecule is C[Si]1(C)c2ccccc2N(c2ccc(-c3nnc(-c4ccc(N5c6ccccc6S(C)(C)c6ccccc65)cc4)n3-c3ccccc3)cc2)c2ccccc21. The Morgan fingerprint density at radius 3 is 1.25 bits per heavy atom. The molecule has 0 fully saturated rings. The molecule has 0 atom stereocenters. The standard InChI is InChI=1S/C48H41N5SSi/c1-54(2)43-22-12-8-18-39(43)51(40-19-9-13-23-44(40)54)37-30-26-34(27-31-37)47-49-50-48(53(47)36-16-6-5-7-17-36)35-28-32-38(33-29-35)52-41-20-10-14-24-45(41)55(3,4)46-25-15-11-21-42(46)52/h5-33H,1-4H3. The lowest BCUT2D eigenvalue weighted by molar-refractivity contribution is 1.07. The maximum Gasteiger partial charge on any atom is 0.168 e. The van der Waals surface area contributed by atoms with Crippen LogP contribution in [0, 0.1) is 0 Å². The van der Waals surface area contributed by atoms with Crippen molar-refractivity contribution >= 4 is 62.6 Å². The lowest BCUT2D eigenvalue weighted by atomic mass is 10.1. The predicted molar refractivity (Wildman–Crippen MR) is 234 cm³/mol. The molecule has 2 aliphatic heterocycles. The molecule has 2 aliphatic rings. The van der Waals surface area contributed by atoms with Gasteiger partial charge < -0.3 is 9.80 Å². The Morgan fingerprint density at radius 2 is 0.782 bits per heavy atom. The topological polar surface area (TPSA) is 37.2 Å². The zero-order valence-electron chi connectivity index (χ0n) is 31.4. The molecule has 8 aromatic rings. The van der Waals surface area contributed by atoms with Crippen LogP contribution in [0.3, 0.4) is 0 Å². The first-order valence-corrected chi connectivity index (χ1v) is 24.2. The van der Waals surface area contributed by atoms with Gasteiger partial charge in [-0.2, -0.15) is 10.0 Å². The van der Waals surface area contributed by atoms with Crippen LogP contribution in [-0.4, -0.2) is 35.3 Å². The van der Waals surface area contributed by atoms with Crippen molar-refractivity contribution in [3.8, 4) is 28.5 Å². The van der Waals surface area contributed by atoms with Crippen LogP contribution in [0.15, 0.2) is 186 Å². The third-order valence-electron chi connectivity index (χ3n) is 11.4. The van der Waals surface area contributed by atoms with Crippen LogP contribution in [0.1, 0.15) is 0 Å². The van der Waals surface area contributed by atoms with Crippen molar-refractivity contribution in [3.05, 3.63) is 176 Å². The van der Waals surface area contributed by atoms with Gasteiger partial charge in [0.05, 0.1) is 11.4 Å². The zero-order valence-corrected chi connectivity index (χ0v) is 33.2. The van der Waals surface area contributed by atoms with E-state index < -0.39 is 18.1 Å². The van der Waals surface area contributed by atoms with Gasteiger partial charge in [0.25, 0.3) is 0 Å². The predicted octanol–water partition coefficient (Wildman–Crippen LogP) is 11.5. The molecule has 0 saturated heterocycles. The number of aromatic nitrogens is 3. The van der Waals surface area contributed by atoms with E-state index >= 15 is 0 Å². The minimum absolute atomic E-state index is 0.799. The molecule has 3 heterocycles. The maximum absolute atomic E-state index is 4.86. The van der Waals surface area contributed by atoms with E-state index in [4.69, 9.17) is 10.2 Å². The fourth-order valence-corrected chi connectivity index (χ4v) is 14.0. The summed E-state index contributed by atoms with van der Waals surface area (Å²) in [7, 11) is -3.02. The van der Waals surface area contributed by atoms with Crippen LogP contribution in [0.5, 0.6) is 0 Å². The number of fused-ring (bicyclic) bond motifs is 4. The van der Waals surface area contributed by atoms with Gasteiger partial charge >= 0.3 is 0 Å². The van der Waals surface area contributed by atoms with Gasteiger partial charge in [0.15, 0.2) is 11.6 Å². The van der Waals surface area contributed by atoms with Crippen LogP contribution in [0.25, 0.3) is 28.5 Å². The van der Waals surface area contributed by atoms with E-state index in [1.54, 1.807) is 0 Å². The molecule has 55 heavy (non-hydrogen) atoms. The van der Waals surface area contributed by atoms with Gasteiger partial charge in [-0.05, 0) is 120 Å². The van der Waals surface area contributed by atoms with E-state index in [1.165, 1.54) is 42.9 Å². The van der Waals surface area contributed by atoms with E-state index in [0.29, 0.717) is 0 Å². The minimum atomic E-state index is -1.86. The minimum Gasteiger partial charge on any atom is -0.311 e. The quantitative estimate of drug-likeness (QED) is 0.164. The molecular formula is C48H41N5SSi. The second-order valence-corrected chi connectivity index (χ2v) is 23.1. The van der Waals surface area contributed by atoms with E-state index in [2.05, 4.69) is 210 Å². The first-order valence-electron chi connectivity index (χ1n) is 18.7. The summed E-state index contributed by atoms with van der Waals surface area (Å²) in [5.41, 5.74) is 10.3. The highest BCUT2D eigenvalue weighted by atomic mass is 32.3. The monoisotopic (exact) mass is 747 g/mol. The van der Waals surface area contributed by atoms with Crippen molar-refractivity contribution < 1.29 is 0 Å². The molecule has 268 valence electrons. The molecule has 0 spiro atoms. The van der Waals surface area contributed by atoms with Gasteiger partial charge in [0, 0.05) is 49.4 Å². The largest absolute Gasteiger partial charge is 0.311 e. The molecular weight excluding hydrogens is 707 g/mol. The van der Waals surface area contributed by atoms with Gasteiger partial charge in [0.1, 0.15) is 8.07 Å². The van der Waals surface area contributed by atoms with Crippen molar-refractivity contribution in [1.82, 2.24) is 14.8 Å². The van der Waals surface area contributed by atoms with Crippen LogP contribution < -0.4 is 20.2 Å². The van der Waals surface area contributed by atoms with Crippen molar-refractivity contribution in [3.63, 3.8) is 0 Å². The number of hydrogen-bond acceptors (Lipinski definition) is 4. The number of hydrogen-bond donors (Lipinski definition) is 0. The molecule has 7 aromatic carbocycles. The van der Waals surface area contributed by atoms with Gasteiger partial charge in [-0.3, -0.25) is 4.57 Å². The molecule has 0 radical (unpaired) electrons. The third-order valence-corrected chi connectivity index (χ3v) is 17.8. The van der Waals surface area contributed by atoms with Crippen molar-refractivity contribution in [2.24, 2.45) is 0 Å². The zero-order chi connectivity index (χ0) is 37.3. The van der Waals surface area contributed by atoms with Crippen LogP contribution >= 0.6 is 10.0 Å². The number of rotatable bonds is 5. The van der Waals surface area contributed by atoms with Crippen LogP contribution in [-0.2, 0) is 0 Å². The van der Waals surface area contributed by atoms with Crippen molar-refractivity contribution in [2.75, 3.05) is 22.3 Å². The van der Waals surface area contributed by atoms with E-state index in [9.17, 15) is 0 Å². The number of para-hydroxylation sites is 5. The Morgan fingerprint density at radius 1 is 0.400 bits per heavy atom. The summed E-state index contributed by atoms with van der Waals surface area (Å²) in [6.45, 7) is 4.92. The number of benzene rings is 7. The normalized spacial score (nSPS) is 15.3. The lowest BCUT2D eigenvalue weighted by Gasteiger charge is -2.45. The second kappa shape index (κ2) is 12.7. The highest BCUT2D eigenvalue weighted by Crippen LogP contribution is 2.67. The first kappa shape index (κ1) is 33.4. The Bertz CT molecular complexity index is 2450. The molecule has 10 rings (SSSR count). The highest BCUT2D eigenvalue weighted by Gasteiger charge is 2.38. The molecule has 7 heteroatoms. The van der Waals surface area contributed by atoms with Gasteiger partial charge in [-0.15, -0.1) is 10.2 Å². The fraction of sp³-hybridized carbons (Fsp3) is 0.0833. The summed E-state index contributed by atoms with van der Waals surface area (Å²) in [5.74, 6) is 1.60. The Hall–Kier alpha value is -6.15. The summed E-state index contributed by atoms with van der Waals surface area (Å²) >= 11 is 0. The fourth-order valence-electron chi connectivity index (χ4n) is 8.62. The molecule has 0 bridgehead atoms. The van der Waals surface area contributed by atoms with E-state index in [-0.39, 0.29) is 0 Å². The van der Waals surface area contributed by atoms with Crippen LogP contribution in [0.4, 0.5) is 34.1 Å². The molecule has 5 nitrogen and oxygen atoms in total. The van der Waals surface area contributed by atoms with Crippen LogP contribution in [0.2, 0.25) is 13.1 Å². The second-order valence-electron chi connectivity index (χ2n) is 15.2. The Labute approximate surface area is 325 Å². The average molecular weight is 748 g/mol. The first-order chi connectivity index (χ1) is 26.8. The molecule has 0 amide bonds. The summed E-state index contributed by atoms with van der Waals surface area (Å²) in [6.07, 6.45) is 4.81. The van der Waals surface area contributed by atoms with E-state index in [1.807, 2.05) is 6.07 Å². The smallest absolute Gasteiger partial charge is 0.168 e. The van der Waals surface area contributed by atoms with Gasteiger partial charge in [-0.1, -0.05) is 92.0 Å². The lowest BCUT2D eigenvalue weighted by Crippen LogP contribution is -2.58. The molecule has 0 saturated carbocycles.